The molecule has 2 amide bonds. The standard InChI is InChI=1S/C14H20N2O2/c1-9(2)10(3)15-14(18)12-6-5-7-13(8-12)16-11(4)17/h5-10H,1-4H3,(H,15,18)(H,16,17)/t10-/m1/s1. The van der Waals surface area contributed by atoms with Gasteiger partial charge in [0.05, 0.1) is 0 Å². The van der Waals surface area contributed by atoms with E-state index in [0.29, 0.717) is 17.2 Å². The number of carbonyl (C=O) groups excluding carboxylic acids is 2. The Morgan fingerprint density at radius 1 is 1.17 bits per heavy atom. The van der Waals surface area contributed by atoms with Crippen molar-refractivity contribution >= 4 is 17.5 Å². The minimum absolute atomic E-state index is 0.113. The molecule has 0 aliphatic carbocycles. The van der Waals surface area contributed by atoms with E-state index in [1.807, 2.05) is 6.92 Å². The first-order valence-electron chi connectivity index (χ1n) is 6.08. The van der Waals surface area contributed by atoms with Gasteiger partial charge in [0.2, 0.25) is 5.91 Å². The van der Waals surface area contributed by atoms with Crippen LogP contribution in [0.1, 0.15) is 38.1 Å². The molecule has 0 spiro atoms. The molecule has 0 unspecified atom stereocenters. The van der Waals surface area contributed by atoms with Crippen LogP contribution in [0, 0.1) is 5.92 Å². The number of rotatable bonds is 4. The second kappa shape index (κ2) is 6.19. The highest BCUT2D eigenvalue weighted by atomic mass is 16.2. The maximum atomic E-state index is 12.0. The van der Waals surface area contributed by atoms with Gasteiger partial charge in [-0.1, -0.05) is 19.9 Å². The first-order chi connectivity index (χ1) is 8.40. The van der Waals surface area contributed by atoms with Crippen molar-refractivity contribution in [3.8, 4) is 0 Å². The van der Waals surface area contributed by atoms with Gasteiger partial charge in [0.15, 0.2) is 0 Å². The lowest BCUT2D eigenvalue weighted by Gasteiger charge is -2.17. The Labute approximate surface area is 108 Å². The fourth-order valence-corrected chi connectivity index (χ4v) is 1.40. The van der Waals surface area contributed by atoms with E-state index in [1.165, 1.54) is 6.92 Å². The molecule has 0 fully saturated rings. The van der Waals surface area contributed by atoms with Crippen molar-refractivity contribution < 1.29 is 9.59 Å². The third-order valence-electron chi connectivity index (χ3n) is 2.80. The molecule has 4 nitrogen and oxygen atoms in total. The average molecular weight is 248 g/mol. The summed E-state index contributed by atoms with van der Waals surface area (Å²) >= 11 is 0. The lowest BCUT2D eigenvalue weighted by molar-refractivity contribution is -0.114. The SMILES string of the molecule is CC(=O)Nc1cccc(C(=O)N[C@H](C)C(C)C)c1. The van der Waals surface area contributed by atoms with Crippen LogP contribution in [0.2, 0.25) is 0 Å². The lowest BCUT2D eigenvalue weighted by Crippen LogP contribution is -2.36. The predicted molar refractivity (Wildman–Crippen MR) is 72.5 cm³/mol. The molecule has 1 aromatic rings. The molecule has 0 bridgehead atoms. The van der Waals surface area contributed by atoms with Gasteiger partial charge in [-0.3, -0.25) is 9.59 Å². The summed E-state index contributed by atoms with van der Waals surface area (Å²) in [6.07, 6.45) is 0. The predicted octanol–water partition coefficient (Wildman–Crippen LogP) is 2.42. The number of amides is 2. The third-order valence-corrected chi connectivity index (χ3v) is 2.80. The molecule has 0 aromatic heterocycles. The van der Waals surface area contributed by atoms with Crippen molar-refractivity contribution in [3.63, 3.8) is 0 Å². The number of benzene rings is 1. The summed E-state index contributed by atoms with van der Waals surface area (Å²) in [6.45, 7) is 7.52. The smallest absolute Gasteiger partial charge is 0.251 e. The summed E-state index contributed by atoms with van der Waals surface area (Å²) in [5.74, 6) is 0.110. The topological polar surface area (TPSA) is 58.2 Å². The van der Waals surface area contributed by atoms with Crippen LogP contribution in [0.5, 0.6) is 0 Å². The molecule has 0 heterocycles. The first kappa shape index (κ1) is 14.2. The summed E-state index contributed by atoms with van der Waals surface area (Å²) in [5.41, 5.74) is 1.18. The van der Waals surface area contributed by atoms with Crippen molar-refractivity contribution in [3.05, 3.63) is 29.8 Å². The number of hydrogen-bond donors (Lipinski definition) is 2. The van der Waals surface area contributed by atoms with E-state index in [2.05, 4.69) is 24.5 Å². The van der Waals surface area contributed by atoms with E-state index in [0.717, 1.165) is 0 Å². The van der Waals surface area contributed by atoms with Gasteiger partial charge in [-0.25, -0.2) is 0 Å². The number of hydrogen-bond acceptors (Lipinski definition) is 2. The summed E-state index contributed by atoms with van der Waals surface area (Å²) in [4.78, 5) is 22.9. The van der Waals surface area contributed by atoms with Gasteiger partial charge in [-0.05, 0) is 31.0 Å². The van der Waals surface area contributed by atoms with Crippen molar-refractivity contribution in [1.82, 2.24) is 5.32 Å². The molecule has 18 heavy (non-hydrogen) atoms. The Balaban J connectivity index is 2.77. The van der Waals surface area contributed by atoms with Crippen molar-refractivity contribution in [2.75, 3.05) is 5.32 Å². The summed E-state index contributed by atoms with van der Waals surface area (Å²) in [7, 11) is 0. The van der Waals surface area contributed by atoms with E-state index < -0.39 is 0 Å². The highest BCUT2D eigenvalue weighted by Gasteiger charge is 2.12. The fraction of sp³-hybridized carbons (Fsp3) is 0.429. The van der Waals surface area contributed by atoms with Gasteiger partial charge in [0.25, 0.3) is 5.91 Å². The molecule has 2 N–H and O–H groups in total. The first-order valence-corrected chi connectivity index (χ1v) is 6.08. The average Bonchev–Trinajstić information content (AvgIpc) is 2.28. The van der Waals surface area contributed by atoms with Crippen LogP contribution in [0.4, 0.5) is 5.69 Å². The van der Waals surface area contributed by atoms with Gasteiger partial charge < -0.3 is 10.6 Å². The monoisotopic (exact) mass is 248 g/mol. The van der Waals surface area contributed by atoms with Gasteiger partial charge in [0, 0.05) is 24.2 Å². The Bertz CT molecular complexity index is 441. The highest BCUT2D eigenvalue weighted by Crippen LogP contribution is 2.11. The molecule has 0 aliphatic rings. The molecule has 1 aromatic carbocycles. The molecule has 4 heteroatoms. The van der Waals surface area contributed by atoms with Gasteiger partial charge in [-0.15, -0.1) is 0 Å². The molecule has 0 saturated heterocycles. The largest absolute Gasteiger partial charge is 0.349 e. The summed E-state index contributed by atoms with van der Waals surface area (Å²) in [5, 5.41) is 5.58. The normalized spacial score (nSPS) is 12.1. The van der Waals surface area contributed by atoms with Crippen molar-refractivity contribution in [2.24, 2.45) is 5.92 Å². The zero-order valence-corrected chi connectivity index (χ0v) is 11.3. The molecule has 0 saturated carbocycles. The maximum Gasteiger partial charge on any atom is 0.251 e. The van der Waals surface area contributed by atoms with E-state index in [1.54, 1.807) is 24.3 Å². The third kappa shape index (κ3) is 4.20. The van der Waals surface area contributed by atoms with Gasteiger partial charge in [0.1, 0.15) is 0 Å². The maximum absolute atomic E-state index is 12.0. The Morgan fingerprint density at radius 2 is 1.83 bits per heavy atom. The Morgan fingerprint density at radius 3 is 2.39 bits per heavy atom. The van der Waals surface area contributed by atoms with Crippen LogP contribution in [0.25, 0.3) is 0 Å². The van der Waals surface area contributed by atoms with Crippen LogP contribution in [-0.4, -0.2) is 17.9 Å². The van der Waals surface area contributed by atoms with E-state index in [4.69, 9.17) is 0 Å². The van der Waals surface area contributed by atoms with Crippen LogP contribution >= 0.6 is 0 Å². The number of carbonyl (C=O) groups is 2. The molecule has 1 rings (SSSR count). The van der Waals surface area contributed by atoms with E-state index in [9.17, 15) is 9.59 Å². The summed E-state index contributed by atoms with van der Waals surface area (Å²) in [6, 6.07) is 7.02. The fourth-order valence-electron chi connectivity index (χ4n) is 1.40. The molecular formula is C14H20N2O2. The Kier molecular flexibility index (Phi) is 4.89. The zero-order valence-electron chi connectivity index (χ0n) is 11.3. The van der Waals surface area contributed by atoms with Crippen LogP contribution in [0.3, 0.4) is 0 Å². The molecule has 0 aliphatic heterocycles. The number of anilines is 1. The van der Waals surface area contributed by atoms with E-state index >= 15 is 0 Å². The van der Waals surface area contributed by atoms with Crippen molar-refractivity contribution in [1.29, 1.82) is 0 Å². The minimum Gasteiger partial charge on any atom is -0.349 e. The quantitative estimate of drug-likeness (QED) is 0.859. The second-order valence-electron chi connectivity index (χ2n) is 4.77. The van der Waals surface area contributed by atoms with Crippen LogP contribution < -0.4 is 10.6 Å². The minimum atomic E-state index is -0.150. The molecule has 0 radical (unpaired) electrons. The van der Waals surface area contributed by atoms with E-state index in [-0.39, 0.29) is 17.9 Å². The van der Waals surface area contributed by atoms with Gasteiger partial charge >= 0.3 is 0 Å². The molecule has 98 valence electrons. The Hall–Kier alpha value is -1.84. The molecule has 1 atom stereocenters. The lowest BCUT2D eigenvalue weighted by atomic mass is 10.1. The van der Waals surface area contributed by atoms with Gasteiger partial charge in [-0.2, -0.15) is 0 Å². The highest BCUT2D eigenvalue weighted by molar-refractivity contribution is 5.96. The van der Waals surface area contributed by atoms with Crippen LogP contribution in [0.15, 0.2) is 24.3 Å². The van der Waals surface area contributed by atoms with Crippen LogP contribution in [-0.2, 0) is 4.79 Å². The molecular weight excluding hydrogens is 228 g/mol. The zero-order chi connectivity index (χ0) is 13.7. The summed E-state index contributed by atoms with van der Waals surface area (Å²) < 4.78 is 0. The number of nitrogens with one attached hydrogen (secondary N) is 2. The van der Waals surface area contributed by atoms with Crippen molar-refractivity contribution in [2.45, 2.75) is 33.7 Å². The second-order valence-corrected chi connectivity index (χ2v) is 4.77.